The maximum Gasteiger partial charge on any atom is 0.230 e. The first kappa shape index (κ1) is 16.8. The minimum Gasteiger partial charge on any atom is -0.326 e. The van der Waals surface area contributed by atoms with Crippen LogP contribution in [0.15, 0.2) is 42.7 Å². The van der Waals surface area contributed by atoms with Gasteiger partial charge in [-0.3, -0.25) is 14.6 Å². The molecule has 0 unspecified atom stereocenters. The number of benzene rings is 1. The minimum absolute atomic E-state index is 0.0257. The molecule has 2 aliphatic rings. The van der Waals surface area contributed by atoms with Gasteiger partial charge in [-0.05, 0) is 67.5 Å². The van der Waals surface area contributed by atoms with Gasteiger partial charge in [-0.25, -0.2) is 0 Å². The van der Waals surface area contributed by atoms with E-state index in [2.05, 4.69) is 10.3 Å². The molecule has 5 nitrogen and oxygen atoms in total. The molecule has 2 amide bonds. The molecule has 1 aliphatic carbocycles. The number of anilines is 2. The molecule has 134 valence electrons. The van der Waals surface area contributed by atoms with Gasteiger partial charge in [-0.1, -0.05) is 6.07 Å². The summed E-state index contributed by atoms with van der Waals surface area (Å²) in [6.07, 6.45) is 8.64. The lowest BCUT2D eigenvalue weighted by Crippen LogP contribution is -2.30. The van der Waals surface area contributed by atoms with Gasteiger partial charge in [0.15, 0.2) is 0 Å². The fourth-order valence-electron chi connectivity index (χ4n) is 3.48. The molecule has 1 aromatic heterocycles. The Kier molecular flexibility index (Phi) is 4.69. The van der Waals surface area contributed by atoms with Crippen LogP contribution >= 0.6 is 0 Å². The molecule has 2 heterocycles. The molecule has 1 N–H and O–H groups in total. The molecule has 0 atom stereocenters. The van der Waals surface area contributed by atoms with Crippen LogP contribution in [0.4, 0.5) is 11.4 Å². The van der Waals surface area contributed by atoms with Crippen LogP contribution in [0.5, 0.6) is 0 Å². The SMILES string of the molecule is O=C(CCCc1cccnc1)Nc1ccc2c(c1)CCN2C(=O)C1CC1. The lowest BCUT2D eigenvalue weighted by Gasteiger charge is -2.17. The third-order valence-electron chi connectivity index (χ3n) is 5.04. The van der Waals surface area contributed by atoms with E-state index in [1.165, 1.54) is 0 Å². The number of carbonyl (C=O) groups excluding carboxylic acids is 2. The van der Waals surface area contributed by atoms with E-state index < -0.39 is 0 Å². The van der Waals surface area contributed by atoms with Gasteiger partial charge in [0.2, 0.25) is 11.8 Å². The van der Waals surface area contributed by atoms with Crippen molar-refractivity contribution in [3.05, 3.63) is 53.9 Å². The van der Waals surface area contributed by atoms with Gasteiger partial charge in [0.1, 0.15) is 0 Å². The Morgan fingerprint density at radius 1 is 1.23 bits per heavy atom. The average molecular weight is 349 g/mol. The molecular weight excluding hydrogens is 326 g/mol. The first-order valence-corrected chi connectivity index (χ1v) is 9.34. The number of carbonyl (C=O) groups is 2. The van der Waals surface area contributed by atoms with Crippen molar-refractivity contribution < 1.29 is 9.59 Å². The van der Waals surface area contributed by atoms with Gasteiger partial charge in [-0.15, -0.1) is 0 Å². The zero-order valence-corrected chi connectivity index (χ0v) is 14.8. The van der Waals surface area contributed by atoms with Crippen LogP contribution in [0.25, 0.3) is 0 Å². The van der Waals surface area contributed by atoms with E-state index >= 15 is 0 Å². The molecule has 5 heteroatoms. The lowest BCUT2D eigenvalue weighted by molar-refractivity contribution is -0.119. The summed E-state index contributed by atoms with van der Waals surface area (Å²) >= 11 is 0. The van der Waals surface area contributed by atoms with Crippen molar-refractivity contribution in [3.8, 4) is 0 Å². The van der Waals surface area contributed by atoms with E-state index in [9.17, 15) is 9.59 Å². The Labute approximate surface area is 153 Å². The van der Waals surface area contributed by atoms with Crippen molar-refractivity contribution in [2.75, 3.05) is 16.8 Å². The Morgan fingerprint density at radius 2 is 2.12 bits per heavy atom. The summed E-state index contributed by atoms with van der Waals surface area (Å²) in [5.41, 5.74) is 4.12. The molecule has 1 aromatic carbocycles. The molecular formula is C21H23N3O2. The third-order valence-corrected chi connectivity index (χ3v) is 5.04. The van der Waals surface area contributed by atoms with Crippen LogP contribution in [0.1, 0.15) is 36.8 Å². The predicted molar refractivity (Wildman–Crippen MR) is 101 cm³/mol. The smallest absolute Gasteiger partial charge is 0.230 e. The predicted octanol–water partition coefficient (Wildman–Crippen LogP) is 3.34. The summed E-state index contributed by atoms with van der Waals surface area (Å²) in [6.45, 7) is 0.757. The van der Waals surface area contributed by atoms with Gasteiger partial charge < -0.3 is 10.2 Å². The molecule has 0 bridgehead atoms. The molecule has 2 aromatic rings. The van der Waals surface area contributed by atoms with Crippen molar-refractivity contribution in [1.82, 2.24) is 4.98 Å². The standard InChI is InChI=1S/C21H23N3O2/c25-20(5-1-3-15-4-2-11-22-14-15)23-18-8-9-19-17(13-18)10-12-24(19)21(26)16-6-7-16/h2,4,8-9,11,13-14,16H,1,3,5-7,10,12H2,(H,23,25). The quantitative estimate of drug-likeness (QED) is 0.870. The summed E-state index contributed by atoms with van der Waals surface area (Å²) in [7, 11) is 0. The van der Waals surface area contributed by atoms with Crippen molar-refractivity contribution in [2.24, 2.45) is 5.92 Å². The maximum atomic E-state index is 12.3. The Balaban J connectivity index is 1.31. The molecule has 4 rings (SSSR count). The Hall–Kier alpha value is -2.69. The summed E-state index contributed by atoms with van der Waals surface area (Å²) in [4.78, 5) is 30.5. The molecule has 26 heavy (non-hydrogen) atoms. The van der Waals surface area contributed by atoms with Crippen LogP contribution < -0.4 is 10.2 Å². The van der Waals surface area contributed by atoms with Crippen molar-refractivity contribution >= 4 is 23.2 Å². The molecule has 0 radical (unpaired) electrons. The zero-order valence-electron chi connectivity index (χ0n) is 14.8. The highest BCUT2D eigenvalue weighted by Crippen LogP contribution is 2.37. The first-order valence-electron chi connectivity index (χ1n) is 9.34. The number of hydrogen-bond donors (Lipinski definition) is 1. The van der Waals surface area contributed by atoms with E-state index in [1.54, 1.807) is 6.20 Å². The third kappa shape index (κ3) is 3.77. The molecule has 1 saturated carbocycles. The van der Waals surface area contributed by atoms with Crippen molar-refractivity contribution in [2.45, 2.75) is 38.5 Å². The topological polar surface area (TPSA) is 62.3 Å². The van der Waals surface area contributed by atoms with Gasteiger partial charge in [0.05, 0.1) is 0 Å². The summed E-state index contributed by atoms with van der Waals surface area (Å²) < 4.78 is 0. The highest BCUT2D eigenvalue weighted by atomic mass is 16.2. The highest BCUT2D eigenvalue weighted by molar-refractivity contribution is 5.99. The first-order chi connectivity index (χ1) is 12.7. The number of hydrogen-bond acceptors (Lipinski definition) is 3. The lowest BCUT2D eigenvalue weighted by atomic mass is 10.1. The average Bonchev–Trinajstić information content (AvgIpc) is 3.42. The van der Waals surface area contributed by atoms with Crippen LogP contribution in [-0.2, 0) is 22.4 Å². The summed E-state index contributed by atoms with van der Waals surface area (Å²) in [5, 5.41) is 2.98. The number of fused-ring (bicyclic) bond motifs is 1. The van der Waals surface area contributed by atoms with Crippen LogP contribution in [-0.4, -0.2) is 23.3 Å². The summed E-state index contributed by atoms with van der Waals surface area (Å²) in [6, 6.07) is 9.82. The van der Waals surface area contributed by atoms with E-state index in [1.807, 2.05) is 41.4 Å². The van der Waals surface area contributed by atoms with Crippen LogP contribution in [0, 0.1) is 5.92 Å². The largest absolute Gasteiger partial charge is 0.326 e. The molecule has 1 aliphatic heterocycles. The van der Waals surface area contributed by atoms with Crippen molar-refractivity contribution in [1.29, 1.82) is 0 Å². The fraction of sp³-hybridized carbons (Fsp3) is 0.381. The number of rotatable bonds is 6. The van der Waals surface area contributed by atoms with Gasteiger partial charge in [-0.2, -0.15) is 0 Å². The second-order valence-electron chi connectivity index (χ2n) is 7.12. The molecule has 0 spiro atoms. The zero-order chi connectivity index (χ0) is 17.9. The van der Waals surface area contributed by atoms with E-state index in [0.717, 1.165) is 61.2 Å². The summed E-state index contributed by atoms with van der Waals surface area (Å²) in [5.74, 6) is 0.522. The second kappa shape index (κ2) is 7.28. The Bertz CT molecular complexity index is 815. The van der Waals surface area contributed by atoms with Gasteiger partial charge in [0.25, 0.3) is 0 Å². The molecule has 1 fully saturated rings. The van der Waals surface area contributed by atoms with E-state index in [4.69, 9.17) is 0 Å². The van der Waals surface area contributed by atoms with Gasteiger partial charge in [0, 0.05) is 42.7 Å². The second-order valence-corrected chi connectivity index (χ2v) is 7.12. The monoisotopic (exact) mass is 349 g/mol. The maximum absolute atomic E-state index is 12.3. The number of nitrogens with one attached hydrogen (secondary N) is 1. The number of nitrogens with zero attached hydrogens (tertiary/aromatic N) is 2. The van der Waals surface area contributed by atoms with Crippen LogP contribution in [0.3, 0.4) is 0 Å². The number of amides is 2. The normalized spacial score (nSPS) is 15.6. The minimum atomic E-state index is 0.0257. The Morgan fingerprint density at radius 3 is 2.88 bits per heavy atom. The van der Waals surface area contributed by atoms with E-state index in [-0.39, 0.29) is 17.7 Å². The number of aromatic nitrogens is 1. The fourth-order valence-corrected chi connectivity index (χ4v) is 3.48. The van der Waals surface area contributed by atoms with Crippen molar-refractivity contribution in [3.63, 3.8) is 0 Å². The van der Waals surface area contributed by atoms with E-state index in [0.29, 0.717) is 6.42 Å². The number of aryl methyl sites for hydroxylation is 1. The number of pyridine rings is 1. The van der Waals surface area contributed by atoms with Gasteiger partial charge >= 0.3 is 0 Å². The highest BCUT2D eigenvalue weighted by Gasteiger charge is 2.36. The van der Waals surface area contributed by atoms with Crippen LogP contribution in [0.2, 0.25) is 0 Å². The molecule has 0 saturated heterocycles.